The Labute approximate surface area is 168 Å². The maximum atomic E-state index is 13.0. The number of aromatic nitrogens is 1. The lowest BCUT2D eigenvalue weighted by Gasteiger charge is -2.16. The van der Waals surface area contributed by atoms with Crippen LogP contribution in [0.3, 0.4) is 0 Å². The summed E-state index contributed by atoms with van der Waals surface area (Å²) >= 11 is 5.85. The minimum Gasteiger partial charge on any atom is -0.357 e. The molecule has 0 spiro atoms. The van der Waals surface area contributed by atoms with Gasteiger partial charge in [-0.05, 0) is 42.7 Å². The fourth-order valence-electron chi connectivity index (χ4n) is 3.00. The van der Waals surface area contributed by atoms with Crippen molar-refractivity contribution in [2.75, 3.05) is 24.5 Å². The molecule has 28 heavy (non-hydrogen) atoms. The van der Waals surface area contributed by atoms with Crippen molar-refractivity contribution in [3.8, 4) is 0 Å². The number of carbonyl (C=O) groups excluding carboxylic acids is 2. The highest BCUT2D eigenvalue weighted by Gasteiger charge is 2.13. The summed E-state index contributed by atoms with van der Waals surface area (Å²) in [5.74, 6) is -0.174. The second kappa shape index (κ2) is 9.50. The third-order valence-corrected chi connectivity index (χ3v) is 4.85. The topological polar surface area (TPSA) is 74.3 Å². The summed E-state index contributed by atoms with van der Waals surface area (Å²) in [5, 5.41) is 5.44. The van der Waals surface area contributed by atoms with Crippen LogP contribution < -0.4 is 15.5 Å². The number of nitrogens with zero attached hydrogens (tertiary/aromatic N) is 2. The summed E-state index contributed by atoms with van der Waals surface area (Å²) in [6.07, 6.45) is 4.29. The van der Waals surface area contributed by atoms with Crippen molar-refractivity contribution in [1.29, 1.82) is 0 Å². The number of benzene rings is 1. The van der Waals surface area contributed by atoms with Crippen LogP contribution in [0, 0.1) is 5.82 Å². The molecule has 6 nitrogen and oxygen atoms in total. The Morgan fingerprint density at radius 2 is 1.93 bits per heavy atom. The molecule has 2 amide bonds. The zero-order valence-corrected chi connectivity index (χ0v) is 16.1. The molecule has 148 valence electrons. The molecule has 0 radical (unpaired) electrons. The summed E-state index contributed by atoms with van der Waals surface area (Å²) in [6.45, 7) is 2.62. The van der Waals surface area contributed by atoms with Crippen LogP contribution in [0.1, 0.15) is 35.2 Å². The fourth-order valence-corrected chi connectivity index (χ4v) is 3.26. The van der Waals surface area contributed by atoms with Crippen LogP contribution in [-0.2, 0) is 11.3 Å². The van der Waals surface area contributed by atoms with Gasteiger partial charge in [-0.1, -0.05) is 17.7 Å². The normalized spacial score (nSPS) is 13.4. The molecule has 1 aromatic carbocycles. The van der Waals surface area contributed by atoms with Crippen molar-refractivity contribution in [1.82, 2.24) is 15.6 Å². The molecular weight excluding hydrogens is 383 g/mol. The van der Waals surface area contributed by atoms with Crippen LogP contribution in [0.25, 0.3) is 0 Å². The predicted octanol–water partition coefficient (Wildman–Crippen LogP) is 2.91. The van der Waals surface area contributed by atoms with E-state index in [2.05, 4.69) is 20.5 Å². The van der Waals surface area contributed by atoms with Gasteiger partial charge in [0, 0.05) is 38.8 Å². The molecule has 8 heteroatoms. The van der Waals surface area contributed by atoms with Crippen molar-refractivity contribution in [2.24, 2.45) is 0 Å². The van der Waals surface area contributed by atoms with Crippen molar-refractivity contribution >= 4 is 29.2 Å². The Kier molecular flexibility index (Phi) is 6.81. The SMILES string of the molecule is O=C(CCNC(=O)c1ccc(F)cc1Cl)NCc1ccc(N2CCCC2)nc1. The van der Waals surface area contributed by atoms with E-state index in [0.29, 0.717) is 6.54 Å². The first-order chi connectivity index (χ1) is 13.5. The molecule has 0 atom stereocenters. The van der Waals surface area contributed by atoms with E-state index in [4.69, 9.17) is 11.6 Å². The van der Waals surface area contributed by atoms with Gasteiger partial charge in [-0.15, -0.1) is 0 Å². The Morgan fingerprint density at radius 1 is 1.14 bits per heavy atom. The highest BCUT2D eigenvalue weighted by Crippen LogP contribution is 2.18. The second-order valence-corrected chi connectivity index (χ2v) is 7.03. The molecule has 2 heterocycles. The fraction of sp³-hybridized carbons (Fsp3) is 0.350. The third kappa shape index (κ3) is 5.42. The van der Waals surface area contributed by atoms with Crippen molar-refractivity contribution in [3.63, 3.8) is 0 Å². The number of carbonyl (C=O) groups is 2. The Bertz CT molecular complexity index is 839. The van der Waals surface area contributed by atoms with Crippen LogP contribution >= 0.6 is 11.6 Å². The molecule has 1 fully saturated rings. The summed E-state index contributed by atoms with van der Waals surface area (Å²) in [7, 11) is 0. The molecule has 0 unspecified atom stereocenters. The summed E-state index contributed by atoms with van der Waals surface area (Å²) < 4.78 is 13.0. The molecule has 1 aliphatic rings. The minimum atomic E-state index is -0.510. The first-order valence-corrected chi connectivity index (χ1v) is 9.60. The quantitative estimate of drug-likeness (QED) is 0.744. The molecule has 2 N–H and O–H groups in total. The summed E-state index contributed by atoms with van der Waals surface area (Å²) in [6, 6.07) is 7.48. The highest BCUT2D eigenvalue weighted by molar-refractivity contribution is 6.33. The molecule has 1 aromatic heterocycles. The zero-order chi connectivity index (χ0) is 19.9. The molecule has 0 saturated carbocycles. The lowest BCUT2D eigenvalue weighted by atomic mass is 10.2. The maximum Gasteiger partial charge on any atom is 0.252 e. The second-order valence-electron chi connectivity index (χ2n) is 6.63. The number of halogens is 2. The highest BCUT2D eigenvalue weighted by atomic mass is 35.5. The number of amides is 2. The van der Waals surface area contributed by atoms with E-state index < -0.39 is 11.7 Å². The molecule has 1 aliphatic heterocycles. The Balaban J connectivity index is 1.39. The Hall–Kier alpha value is -2.67. The number of hydrogen-bond donors (Lipinski definition) is 2. The van der Waals surface area contributed by atoms with E-state index in [1.807, 2.05) is 12.1 Å². The van der Waals surface area contributed by atoms with E-state index >= 15 is 0 Å². The van der Waals surface area contributed by atoms with Crippen molar-refractivity contribution in [3.05, 3.63) is 58.5 Å². The van der Waals surface area contributed by atoms with Crippen LogP contribution in [-0.4, -0.2) is 36.4 Å². The number of rotatable bonds is 7. The van der Waals surface area contributed by atoms with E-state index in [1.165, 1.54) is 18.9 Å². The van der Waals surface area contributed by atoms with Crippen LogP contribution in [0.2, 0.25) is 5.02 Å². The number of pyridine rings is 1. The van der Waals surface area contributed by atoms with Gasteiger partial charge < -0.3 is 15.5 Å². The summed E-state index contributed by atoms with van der Waals surface area (Å²) in [5.41, 5.74) is 1.09. The van der Waals surface area contributed by atoms with Gasteiger partial charge in [0.15, 0.2) is 0 Å². The lowest BCUT2D eigenvalue weighted by molar-refractivity contribution is -0.121. The average molecular weight is 405 g/mol. The van der Waals surface area contributed by atoms with Gasteiger partial charge in [0.2, 0.25) is 5.91 Å². The zero-order valence-electron chi connectivity index (χ0n) is 15.4. The number of anilines is 1. The van der Waals surface area contributed by atoms with Gasteiger partial charge in [0.25, 0.3) is 5.91 Å². The van der Waals surface area contributed by atoms with E-state index in [0.717, 1.165) is 36.6 Å². The molecule has 0 aliphatic carbocycles. The number of hydrogen-bond acceptors (Lipinski definition) is 4. The van der Waals surface area contributed by atoms with Crippen LogP contribution in [0.4, 0.5) is 10.2 Å². The molecule has 2 aromatic rings. The first-order valence-electron chi connectivity index (χ1n) is 9.23. The van der Waals surface area contributed by atoms with Gasteiger partial charge in [-0.3, -0.25) is 9.59 Å². The van der Waals surface area contributed by atoms with Gasteiger partial charge in [0.05, 0.1) is 10.6 Å². The predicted molar refractivity (Wildman–Crippen MR) is 106 cm³/mol. The largest absolute Gasteiger partial charge is 0.357 e. The molecular formula is C20H22ClFN4O2. The van der Waals surface area contributed by atoms with Crippen molar-refractivity contribution in [2.45, 2.75) is 25.8 Å². The van der Waals surface area contributed by atoms with E-state index in [9.17, 15) is 14.0 Å². The lowest BCUT2D eigenvalue weighted by Crippen LogP contribution is -2.30. The first kappa shape index (κ1) is 20.1. The molecule has 0 bridgehead atoms. The van der Waals surface area contributed by atoms with Gasteiger partial charge >= 0.3 is 0 Å². The van der Waals surface area contributed by atoms with Crippen molar-refractivity contribution < 1.29 is 14.0 Å². The van der Waals surface area contributed by atoms with Gasteiger partial charge in [0.1, 0.15) is 11.6 Å². The number of nitrogens with one attached hydrogen (secondary N) is 2. The standard InChI is InChI=1S/C20H22ClFN4O2/c21-17-11-15(22)4-5-16(17)20(28)23-8-7-19(27)25-13-14-3-6-18(24-12-14)26-9-1-2-10-26/h3-6,11-12H,1-2,7-10,13H2,(H,23,28)(H,25,27). The minimum absolute atomic E-state index is 0.0341. The van der Waals surface area contributed by atoms with E-state index in [1.54, 1.807) is 6.20 Å². The third-order valence-electron chi connectivity index (χ3n) is 4.54. The monoisotopic (exact) mass is 404 g/mol. The molecule has 1 saturated heterocycles. The van der Waals surface area contributed by atoms with E-state index in [-0.39, 0.29) is 29.5 Å². The van der Waals surface area contributed by atoms with Crippen LogP contribution in [0.5, 0.6) is 0 Å². The summed E-state index contributed by atoms with van der Waals surface area (Å²) in [4.78, 5) is 30.7. The average Bonchev–Trinajstić information content (AvgIpc) is 3.21. The van der Waals surface area contributed by atoms with Gasteiger partial charge in [-0.25, -0.2) is 9.37 Å². The van der Waals surface area contributed by atoms with Crippen LogP contribution in [0.15, 0.2) is 36.5 Å². The maximum absolute atomic E-state index is 13.0. The molecule has 3 rings (SSSR count). The smallest absolute Gasteiger partial charge is 0.252 e. The van der Waals surface area contributed by atoms with Gasteiger partial charge in [-0.2, -0.15) is 0 Å². The Morgan fingerprint density at radius 3 is 2.61 bits per heavy atom.